The highest BCUT2D eigenvalue weighted by Crippen LogP contribution is 2.10. The van der Waals surface area contributed by atoms with Crippen LogP contribution in [0.2, 0.25) is 0 Å². The minimum Gasteiger partial charge on any atom is -0.355 e. The number of carbonyl (C=O) groups excluding carboxylic acids is 1. The highest BCUT2D eigenvalue weighted by atomic mass is 32.2. The molecule has 0 saturated carbocycles. The molecule has 0 radical (unpaired) electrons. The van der Waals surface area contributed by atoms with Gasteiger partial charge >= 0.3 is 0 Å². The van der Waals surface area contributed by atoms with Crippen LogP contribution in [0.4, 0.5) is 0 Å². The number of likely N-dealkylation sites (tertiary alicyclic amines) is 1. The highest BCUT2D eigenvalue weighted by molar-refractivity contribution is 7.99. The number of piperidine rings is 1. The fraction of sp³-hybridized carbons (Fsp3) is 0.667. The van der Waals surface area contributed by atoms with E-state index in [2.05, 4.69) is 15.2 Å². The molecule has 1 aliphatic rings. The molecule has 4 nitrogen and oxygen atoms in total. The van der Waals surface area contributed by atoms with E-state index >= 15 is 0 Å². The Morgan fingerprint density at radius 3 is 2.83 bits per heavy atom. The van der Waals surface area contributed by atoms with Crippen molar-refractivity contribution in [1.82, 2.24) is 15.2 Å². The van der Waals surface area contributed by atoms with Gasteiger partial charge in [0.2, 0.25) is 5.91 Å². The van der Waals surface area contributed by atoms with Crippen molar-refractivity contribution in [1.29, 1.82) is 0 Å². The van der Waals surface area contributed by atoms with Crippen LogP contribution in [0.5, 0.6) is 0 Å². The molecule has 0 unspecified atom stereocenters. The maximum atomic E-state index is 11.8. The third kappa shape index (κ3) is 8.37. The van der Waals surface area contributed by atoms with Crippen molar-refractivity contribution in [2.75, 3.05) is 31.9 Å². The van der Waals surface area contributed by atoms with Crippen molar-refractivity contribution in [3.05, 3.63) is 30.1 Å². The first kappa shape index (κ1) is 18.3. The van der Waals surface area contributed by atoms with Crippen molar-refractivity contribution in [2.45, 2.75) is 44.3 Å². The maximum absolute atomic E-state index is 11.8. The van der Waals surface area contributed by atoms with E-state index in [1.807, 2.05) is 18.2 Å². The van der Waals surface area contributed by atoms with Gasteiger partial charge in [-0.1, -0.05) is 18.9 Å². The van der Waals surface area contributed by atoms with Crippen molar-refractivity contribution in [3.8, 4) is 0 Å². The quantitative estimate of drug-likeness (QED) is 0.668. The Morgan fingerprint density at radius 2 is 2.04 bits per heavy atom. The average Bonchev–Trinajstić information content (AvgIpc) is 2.60. The van der Waals surface area contributed by atoms with Crippen molar-refractivity contribution in [3.63, 3.8) is 0 Å². The number of nitrogens with one attached hydrogen (secondary N) is 1. The molecular formula is C18H29N3OS. The van der Waals surface area contributed by atoms with Crippen LogP contribution in [0.15, 0.2) is 24.4 Å². The number of pyridine rings is 1. The lowest BCUT2D eigenvalue weighted by atomic mass is 10.1. The van der Waals surface area contributed by atoms with E-state index in [0.29, 0.717) is 5.75 Å². The summed E-state index contributed by atoms with van der Waals surface area (Å²) in [4.78, 5) is 18.6. The first-order valence-corrected chi connectivity index (χ1v) is 9.97. The van der Waals surface area contributed by atoms with E-state index in [-0.39, 0.29) is 5.91 Å². The Bertz CT molecular complexity index is 435. The van der Waals surface area contributed by atoms with Gasteiger partial charge < -0.3 is 10.2 Å². The molecule has 1 saturated heterocycles. The standard InChI is InChI=1S/C18H29N3OS/c22-18(16-23-15-17-9-3-5-10-19-17)20-11-4-1-6-12-21-13-7-2-8-14-21/h3,5,9-10H,1-2,4,6-8,11-16H2,(H,20,22). The van der Waals surface area contributed by atoms with Gasteiger partial charge in [0.1, 0.15) is 0 Å². The monoisotopic (exact) mass is 335 g/mol. The van der Waals surface area contributed by atoms with Crippen LogP contribution in [0, 0.1) is 0 Å². The number of hydrogen-bond donors (Lipinski definition) is 1. The Kier molecular flexibility index (Phi) is 9.11. The van der Waals surface area contributed by atoms with Crippen LogP contribution in [0.3, 0.4) is 0 Å². The van der Waals surface area contributed by atoms with Gasteiger partial charge in [-0.2, -0.15) is 0 Å². The molecule has 5 heteroatoms. The van der Waals surface area contributed by atoms with Gasteiger partial charge in [0.15, 0.2) is 0 Å². The van der Waals surface area contributed by atoms with Crippen LogP contribution >= 0.6 is 11.8 Å². The van der Waals surface area contributed by atoms with E-state index in [4.69, 9.17) is 0 Å². The van der Waals surface area contributed by atoms with Crippen molar-refractivity contribution in [2.24, 2.45) is 0 Å². The molecule has 0 aromatic carbocycles. The number of carbonyl (C=O) groups is 1. The Labute approximate surface area is 144 Å². The SMILES string of the molecule is O=C(CSCc1ccccn1)NCCCCCN1CCCCC1. The zero-order valence-corrected chi connectivity index (χ0v) is 14.8. The third-order valence-corrected chi connectivity index (χ3v) is 5.10. The number of aromatic nitrogens is 1. The van der Waals surface area contributed by atoms with Crippen LogP contribution in [0.1, 0.15) is 44.2 Å². The Balaban J connectivity index is 1.40. The second-order valence-electron chi connectivity index (χ2n) is 6.13. The summed E-state index contributed by atoms with van der Waals surface area (Å²) in [5, 5.41) is 3.01. The lowest BCUT2D eigenvalue weighted by Gasteiger charge is -2.26. The van der Waals surface area contributed by atoms with Crippen molar-refractivity contribution < 1.29 is 4.79 Å². The average molecular weight is 336 g/mol. The van der Waals surface area contributed by atoms with E-state index in [1.165, 1.54) is 51.7 Å². The summed E-state index contributed by atoms with van der Waals surface area (Å²) in [5.74, 6) is 1.45. The smallest absolute Gasteiger partial charge is 0.230 e. The summed E-state index contributed by atoms with van der Waals surface area (Å²) in [6, 6.07) is 5.88. The van der Waals surface area contributed by atoms with Crippen LogP contribution < -0.4 is 5.32 Å². The molecule has 1 amide bonds. The highest BCUT2D eigenvalue weighted by Gasteiger charge is 2.08. The summed E-state index contributed by atoms with van der Waals surface area (Å²) >= 11 is 1.62. The fourth-order valence-electron chi connectivity index (χ4n) is 2.83. The summed E-state index contributed by atoms with van der Waals surface area (Å²) in [6.45, 7) is 4.60. The van der Waals surface area contributed by atoms with Gasteiger partial charge in [0, 0.05) is 18.5 Å². The summed E-state index contributed by atoms with van der Waals surface area (Å²) in [5.41, 5.74) is 1.03. The number of unbranched alkanes of at least 4 members (excludes halogenated alkanes) is 2. The molecule has 1 fully saturated rings. The molecule has 128 valence electrons. The summed E-state index contributed by atoms with van der Waals surface area (Å²) < 4.78 is 0. The molecule has 2 rings (SSSR count). The normalized spacial score (nSPS) is 15.5. The van der Waals surface area contributed by atoms with Crippen LogP contribution in [-0.2, 0) is 10.5 Å². The predicted molar refractivity (Wildman–Crippen MR) is 97.6 cm³/mol. The molecule has 1 aromatic heterocycles. The molecule has 1 aliphatic heterocycles. The van der Waals surface area contributed by atoms with Gasteiger partial charge in [-0.3, -0.25) is 9.78 Å². The van der Waals surface area contributed by atoms with Gasteiger partial charge in [-0.05, 0) is 57.5 Å². The van der Waals surface area contributed by atoms with E-state index in [9.17, 15) is 4.79 Å². The molecule has 0 aliphatic carbocycles. The molecule has 0 spiro atoms. The van der Waals surface area contributed by atoms with E-state index in [1.54, 1.807) is 18.0 Å². The van der Waals surface area contributed by atoms with Gasteiger partial charge in [0.25, 0.3) is 0 Å². The summed E-state index contributed by atoms with van der Waals surface area (Å²) in [6.07, 6.45) is 9.48. The minimum absolute atomic E-state index is 0.141. The predicted octanol–water partition coefficient (Wildman–Crippen LogP) is 3.09. The zero-order chi connectivity index (χ0) is 16.2. The van der Waals surface area contributed by atoms with E-state index < -0.39 is 0 Å². The molecule has 23 heavy (non-hydrogen) atoms. The molecular weight excluding hydrogens is 306 g/mol. The second kappa shape index (κ2) is 11.5. The molecule has 2 heterocycles. The number of thioether (sulfide) groups is 1. The molecule has 1 N–H and O–H groups in total. The second-order valence-corrected chi connectivity index (χ2v) is 7.11. The van der Waals surface area contributed by atoms with E-state index in [0.717, 1.165) is 24.4 Å². The number of hydrogen-bond acceptors (Lipinski definition) is 4. The Hall–Kier alpha value is -1.07. The first-order chi connectivity index (χ1) is 11.3. The molecule has 0 atom stereocenters. The fourth-order valence-corrected chi connectivity index (χ4v) is 3.60. The molecule has 1 aromatic rings. The van der Waals surface area contributed by atoms with Crippen LogP contribution in [0.25, 0.3) is 0 Å². The lowest BCUT2D eigenvalue weighted by molar-refractivity contribution is -0.118. The zero-order valence-electron chi connectivity index (χ0n) is 14.0. The van der Waals surface area contributed by atoms with Gasteiger partial charge in [-0.15, -0.1) is 11.8 Å². The van der Waals surface area contributed by atoms with Gasteiger partial charge in [-0.25, -0.2) is 0 Å². The topological polar surface area (TPSA) is 45.2 Å². The largest absolute Gasteiger partial charge is 0.355 e. The number of amides is 1. The van der Waals surface area contributed by atoms with Crippen LogP contribution in [-0.4, -0.2) is 47.7 Å². The number of nitrogens with zero attached hydrogens (tertiary/aromatic N) is 2. The van der Waals surface area contributed by atoms with Gasteiger partial charge in [0.05, 0.1) is 11.4 Å². The Morgan fingerprint density at radius 1 is 1.17 bits per heavy atom. The third-order valence-electron chi connectivity index (χ3n) is 4.13. The van der Waals surface area contributed by atoms with Crippen molar-refractivity contribution >= 4 is 17.7 Å². The number of rotatable bonds is 10. The summed E-state index contributed by atoms with van der Waals surface area (Å²) in [7, 11) is 0. The first-order valence-electron chi connectivity index (χ1n) is 8.81. The lowest BCUT2D eigenvalue weighted by Crippen LogP contribution is -2.30. The minimum atomic E-state index is 0.141. The maximum Gasteiger partial charge on any atom is 0.230 e. The molecule has 0 bridgehead atoms.